The Morgan fingerprint density at radius 1 is 1.42 bits per heavy atom. The maximum atomic E-state index is 13.0. The second-order valence-electron chi connectivity index (χ2n) is 3.94. The number of hydrogen-bond donors (Lipinski definition) is 0. The second-order valence-corrected chi connectivity index (χ2v) is 3.94. The van der Waals surface area contributed by atoms with E-state index in [1.807, 2.05) is 0 Å². The molecule has 0 bridgehead atoms. The summed E-state index contributed by atoms with van der Waals surface area (Å²) in [4.78, 5) is 11.3. The lowest BCUT2D eigenvalue weighted by Gasteiger charge is -2.15. The monoisotopic (exact) mass is 271 g/mol. The van der Waals surface area contributed by atoms with Gasteiger partial charge in [-0.3, -0.25) is 4.79 Å². The van der Waals surface area contributed by atoms with Crippen LogP contribution in [0.15, 0.2) is 12.1 Å². The summed E-state index contributed by atoms with van der Waals surface area (Å²) in [5, 5.41) is 8.80. The van der Waals surface area contributed by atoms with Gasteiger partial charge in [-0.05, 0) is 31.0 Å². The van der Waals surface area contributed by atoms with Crippen LogP contribution in [0.1, 0.15) is 29.2 Å². The van der Waals surface area contributed by atoms with Crippen LogP contribution in [-0.4, -0.2) is 12.6 Å². The number of carbonyl (C=O) groups is 1. The van der Waals surface area contributed by atoms with E-state index >= 15 is 0 Å². The molecule has 6 heteroatoms. The third-order valence-corrected chi connectivity index (χ3v) is 2.41. The molecule has 0 saturated carbocycles. The molecule has 0 aliphatic carbocycles. The molecule has 0 saturated heterocycles. The van der Waals surface area contributed by atoms with Crippen LogP contribution in [-0.2, 0) is 22.1 Å². The van der Waals surface area contributed by atoms with Crippen molar-refractivity contribution in [2.75, 3.05) is 6.61 Å². The molecule has 0 radical (unpaired) electrons. The molecule has 0 heterocycles. The van der Waals surface area contributed by atoms with Gasteiger partial charge in [0.15, 0.2) is 0 Å². The molecular weight excluding hydrogens is 259 g/mol. The quantitative estimate of drug-likeness (QED) is 0.794. The number of benzene rings is 1. The number of ether oxygens (including phenoxy) is 1. The van der Waals surface area contributed by atoms with Crippen molar-refractivity contribution in [1.82, 2.24) is 0 Å². The van der Waals surface area contributed by atoms with Crippen LogP contribution < -0.4 is 0 Å². The average Bonchev–Trinajstić information content (AvgIpc) is 2.26. The summed E-state index contributed by atoms with van der Waals surface area (Å²) in [7, 11) is 0. The van der Waals surface area contributed by atoms with Crippen LogP contribution in [0, 0.1) is 18.3 Å². The standard InChI is InChI=1S/C13H12F3NO2/c1-3-19-11(18)6-9-4-8(2)5-10(7-17)12(9)13(14,15)16/h4-5H,3,6H2,1-2H3. The summed E-state index contributed by atoms with van der Waals surface area (Å²) >= 11 is 0. The molecule has 1 rings (SSSR count). The van der Waals surface area contributed by atoms with E-state index in [0.717, 1.165) is 6.07 Å². The highest BCUT2D eigenvalue weighted by Crippen LogP contribution is 2.35. The smallest absolute Gasteiger partial charge is 0.417 e. The number of esters is 1. The molecule has 1 aromatic carbocycles. The first kappa shape index (κ1) is 15.0. The van der Waals surface area contributed by atoms with E-state index in [-0.39, 0.29) is 12.2 Å². The van der Waals surface area contributed by atoms with Gasteiger partial charge in [0.25, 0.3) is 0 Å². The van der Waals surface area contributed by atoms with Crippen molar-refractivity contribution < 1.29 is 22.7 Å². The first-order valence-corrected chi connectivity index (χ1v) is 5.56. The molecule has 0 unspecified atom stereocenters. The molecule has 0 atom stereocenters. The fourth-order valence-electron chi connectivity index (χ4n) is 1.79. The minimum Gasteiger partial charge on any atom is -0.466 e. The number of hydrogen-bond acceptors (Lipinski definition) is 3. The minimum absolute atomic E-state index is 0.0944. The van der Waals surface area contributed by atoms with Crippen LogP contribution in [0.25, 0.3) is 0 Å². The zero-order valence-electron chi connectivity index (χ0n) is 10.5. The molecule has 0 amide bonds. The van der Waals surface area contributed by atoms with Gasteiger partial charge in [0.2, 0.25) is 0 Å². The van der Waals surface area contributed by atoms with E-state index in [2.05, 4.69) is 4.74 Å². The number of halogens is 3. The maximum absolute atomic E-state index is 13.0. The number of nitrogens with zero attached hydrogens (tertiary/aromatic N) is 1. The molecule has 19 heavy (non-hydrogen) atoms. The molecular formula is C13H12F3NO2. The lowest BCUT2D eigenvalue weighted by molar-refractivity contribution is -0.143. The summed E-state index contributed by atoms with van der Waals surface area (Å²) in [6.45, 7) is 3.23. The van der Waals surface area contributed by atoms with Gasteiger partial charge in [-0.15, -0.1) is 0 Å². The fraction of sp³-hybridized carbons (Fsp3) is 0.385. The van der Waals surface area contributed by atoms with E-state index in [4.69, 9.17) is 5.26 Å². The van der Waals surface area contributed by atoms with Gasteiger partial charge >= 0.3 is 12.1 Å². The van der Waals surface area contributed by atoms with Crippen molar-refractivity contribution in [3.63, 3.8) is 0 Å². The predicted octanol–water partition coefficient (Wildman–Crippen LogP) is 2.99. The second kappa shape index (κ2) is 5.74. The third kappa shape index (κ3) is 3.71. The van der Waals surface area contributed by atoms with Gasteiger partial charge in [-0.1, -0.05) is 6.07 Å². The predicted molar refractivity (Wildman–Crippen MR) is 61.2 cm³/mol. The topological polar surface area (TPSA) is 50.1 Å². The van der Waals surface area contributed by atoms with Crippen LogP contribution in [0.2, 0.25) is 0 Å². The normalized spacial score (nSPS) is 10.9. The van der Waals surface area contributed by atoms with Gasteiger partial charge in [-0.25, -0.2) is 0 Å². The molecule has 1 aromatic rings. The highest BCUT2D eigenvalue weighted by atomic mass is 19.4. The summed E-state index contributed by atoms with van der Waals surface area (Å²) in [5.41, 5.74) is -1.29. The summed E-state index contributed by atoms with van der Waals surface area (Å²) < 4.78 is 43.5. The van der Waals surface area contributed by atoms with Crippen LogP contribution >= 0.6 is 0 Å². The first-order chi connectivity index (χ1) is 8.79. The Morgan fingerprint density at radius 2 is 2.05 bits per heavy atom. The maximum Gasteiger partial charge on any atom is 0.417 e. The molecule has 3 nitrogen and oxygen atoms in total. The minimum atomic E-state index is -4.68. The number of alkyl halides is 3. The summed E-state index contributed by atoms with van der Waals surface area (Å²) in [5.74, 6) is -0.748. The Balaban J connectivity index is 3.33. The van der Waals surface area contributed by atoms with E-state index in [0.29, 0.717) is 5.56 Å². The lowest BCUT2D eigenvalue weighted by atomic mass is 9.96. The molecule has 0 aliphatic rings. The van der Waals surface area contributed by atoms with E-state index in [1.54, 1.807) is 13.8 Å². The van der Waals surface area contributed by atoms with Crippen molar-refractivity contribution in [3.05, 3.63) is 34.4 Å². The van der Waals surface area contributed by atoms with Crippen LogP contribution in [0.3, 0.4) is 0 Å². The van der Waals surface area contributed by atoms with Gasteiger partial charge in [0.05, 0.1) is 30.2 Å². The molecule has 0 N–H and O–H groups in total. The van der Waals surface area contributed by atoms with Crippen molar-refractivity contribution in [2.24, 2.45) is 0 Å². The molecule has 102 valence electrons. The van der Waals surface area contributed by atoms with Crippen molar-refractivity contribution in [1.29, 1.82) is 5.26 Å². The van der Waals surface area contributed by atoms with Gasteiger partial charge < -0.3 is 4.74 Å². The zero-order valence-corrected chi connectivity index (χ0v) is 10.5. The molecule has 0 spiro atoms. The average molecular weight is 271 g/mol. The number of aryl methyl sites for hydroxylation is 1. The van der Waals surface area contributed by atoms with E-state index in [9.17, 15) is 18.0 Å². The molecule has 0 aliphatic heterocycles. The van der Waals surface area contributed by atoms with Gasteiger partial charge in [0.1, 0.15) is 0 Å². The number of rotatable bonds is 3. The Morgan fingerprint density at radius 3 is 2.53 bits per heavy atom. The Bertz CT molecular complexity index is 530. The largest absolute Gasteiger partial charge is 0.466 e. The molecule has 0 aromatic heterocycles. The van der Waals surface area contributed by atoms with Crippen molar-refractivity contribution in [3.8, 4) is 6.07 Å². The van der Waals surface area contributed by atoms with Gasteiger partial charge in [-0.2, -0.15) is 18.4 Å². The number of nitriles is 1. The summed E-state index contributed by atoms with van der Waals surface area (Å²) in [6.07, 6.45) is -5.18. The Hall–Kier alpha value is -2.03. The van der Waals surface area contributed by atoms with Crippen LogP contribution in [0.4, 0.5) is 13.2 Å². The lowest BCUT2D eigenvalue weighted by Crippen LogP contribution is -2.16. The Labute approximate surface area is 108 Å². The van der Waals surface area contributed by atoms with Crippen LogP contribution in [0.5, 0.6) is 0 Å². The fourth-order valence-corrected chi connectivity index (χ4v) is 1.79. The number of carbonyl (C=O) groups excluding carboxylic acids is 1. The third-order valence-electron chi connectivity index (χ3n) is 2.41. The highest BCUT2D eigenvalue weighted by molar-refractivity contribution is 5.73. The Kier molecular flexibility index (Phi) is 4.54. The zero-order chi connectivity index (χ0) is 14.6. The van der Waals surface area contributed by atoms with Crippen molar-refractivity contribution in [2.45, 2.75) is 26.4 Å². The SMILES string of the molecule is CCOC(=O)Cc1cc(C)cc(C#N)c1C(F)(F)F. The van der Waals surface area contributed by atoms with E-state index < -0.39 is 29.7 Å². The first-order valence-electron chi connectivity index (χ1n) is 5.56. The van der Waals surface area contributed by atoms with E-state index in [1.165, 1.54) is 12.1 Å². The van der Waals surface area contributed by atoms with Crippen molar-refractivity contribution >= 4 is 5.97 Å². The summed E-state index contributed by atoms with van der Waals surface area (Å²) in [6, 6.07) is 3.92. The van der Waals surface area contributed by atoms with Gasteiger partial charge in [0, 0.05) is 0 Å². The highest BCUT2D eigenvalue weighted by Gasteiger charge is 2.37. The molecule has 0 fully saturated rings.